The molecule has 0 amide bonds. The van der Waals surface area contributed by atoms with E-state index in [9.17, 15) is 4.79 Å². The highest BCUT2D eigenvalue weighted by molar-refractivity contribution is 5.87. The van der Waals surface area contributed by atoms with Gasteiger partial charge in [0.05, 0.1) is 13.6 Å². The summed E-state index contributed by atoms with van der Waals surface area (Å²) >= 11 is 0. The Morgan fingerprint density at radius 3 is 1.93 bits per heavy atom. The molecule has 29 heavy (non-hydrogen) atoms. The Morgan fingerprint density at radius 1 is 1.00 bits per heavy atom. The summed E-state index contributed by atoms with van der Waals surface area (Å²) in [7, 11) is 2.35. The van der Waals surface area contributed by atoms with Gasteiger partial charge in [0.25, 0.3) is 0 Å². The number of likely N-dealkylation sites (N-methyl/N-ethyl adjacent to an activating group) is 1. The van der Waals surface area contributed by atoms with Gasteiger partial charge in [-0.15, -0.1) is 0 Å². The lowest BCUT2D eigenvalue weighted by atomic mass is 9.76. The summed E-state index contributed by atoms with van der Waals surface area (Å²) in [6, 6.07) is 20.9. The largest absolute Gasteiger partial charge is 0.461 e. The Labute approximate surface area is 173 Å². The Bertz CT molecular complexity index is 839. The van der Waals surface area contributed by atoms with Crippen molar-refractivity contribution in [3.63, 3.8) is 0 Å². The van der Waals surface area contributed by atoms with E-state index < -0.39 is 5.41 Å². The van der Waals surface area contributed by atoms with Gasteiger partial charge in [0.15, 0.2) is 0 Å². The fourth-order valence-corrected chi connectivity index (χ4v) is 5.84. The summed E-state index contributed by atoms with van der Waals surface area (Å²) in [6.45, 7) is 5.36. The van der Waals surface area contributed by atoms with Crippen LogP contribution in [0.3, 0.4) is 0 Å². The number of nitrogens with zero attached hydrogens (tertiary/aromatic N) is 1. The van der Waals surface area contributed by atoms with Crippen LogP contribution in [0.2, 0.25) is 0 Å². The van der Waals surface area contributed by atoms with Gasteiger partial charge in [0.1, 0.15) is 35.8 Å². The minimum atomic E-state index is -0.818. The molecule has 4 heteroatoms. The van der Waals surface area contributed by atoms with Crippen molar-refractivity contribution in [3.05, 3.63) is 71.8 Å². The first kappa shape index (κ1) is 18.8. The number of hydrogen-bond donors (Lipinski definition) is 0. The second-order valence-corrected chi connectivity index (χ2v) is 9.22. The second kappa shape index (κ2) is 6.68. The number of carbonyl (C=O) groups excluding carboxylic acids is 1. The molecule has 2 aromatic carbocycles. The van der Waals surface area contributed by atoms with Crippen molar-refractivity contribution in [1.29, 1.82) is 0 Å². The Morgan fingerprint density at radius 2 is 1.48 bits per heavy atom. The van der Waals surface area contributed by atoms with Crippen LogP contribution in [0.5, 0.6) is 0 Å². The molecule has 5 unspecified atom stereocenters. The van der Waals surface area contributed by atoms with E-state index in [0.717, 1.165) is 35.0 Å². The van der Waals surface area contributed by atoms with Crippen LogP contribution in [-0.2, 0) is 19.7 Å². The summed E-state index contributed by atoms with van der Waals surface area (Å²) in [5, 5.41) is 0. The molecule has 3 saturated heterocycles. The molecule has 3 aliphatic rings. The Hall–Kier alpha value is -2.17. The number of benzene rings is 2. The standard InChI is InChI=1S/C25H30NO3/c1-4-26(3)20-15-19(16-21(26)23-22(20)29-23)28-24(27)25(2,17-11-7-5-8-12-17)18-13-9-6-10-14-18/h5-14,19-23H,4,15-16H2,1-3H3/q+1/t19?,20?,21?,22-,23?,26?/m1/s1. The van der Waals surface area contributed by atoms with Crippen LogP contribution in [0, 0.1) is 0 Å². The van der Waals surface area contributed by atoms with E-state index in [1.807, 2.05) is 67.6 Å². The van der Waals surface area contributed by atoms with E-state index in [4.69, 9.17) is 9.47 Å². The topological polar surface area (TPSA) is 38.8 Å². The number of quaternary nitrogens is 1. The number of carbonyl (C=O) groups is 1. The lowest BCUT2D eigenvalue weighted by Gasteiger charge is -2.48. The van der Waals surface area contributed by atoms with Crippen LogP contribution in [0.1, 0.15) is 37.8 Å². The van der Waals surface area contributed by atoms with Crippen molar-refractivity contribution in [2.24, 2.45) is 0 Å². The normalized spacial score (nSPS) is 35.1. The third kappa shape index (κ3) is 2.77. The lowest BCUT2D eigenvalue weighted by molar-refractivity contribution is -0.954. The third-order valence-corrected chi connectivity index (χ3v) is 7.91. The average molecular weight is 393 g/mol. The highest BCUT2D eigenvalue weighted by Gasteiger charge is 2.71. The van der Waals surface area contributed by atoms with Crippen molar-refractivity contribution >= 4 is 5.97 Å². The molecule has 0 aromatic heterocycles. The summed E-state index contributed by atoms with van der Waals surface area (Å²) in [4.78, 5) is 13.6. The van der Waals surface area contributed by atoms with Crippen LogP contribution in [0.4, 0.5) is 0 Å². The fourth-order valence-electron chi connectivity index (χ4n) is 5.84. The van der Waals surface area contributed by atoms with E-state index in [1.54, 1.807) is 0 Å². The van der Waals surface area contributed by atoms with Crippen LogP contribution < -0.4 is 0 Å². The summed E-state index contributed by atoms with van der Waals surface area (Å²) in [5.74, 6) is -0.151. The molecule has 0 radical (unpaired) electrons. The van der Waals surface area contributed by atoms with Gasteiger partial charge in [-0.25, -0.2) is 0 Å². The number of epoxide rings is 1. The van der Waals surface area contributed by atoms with Crippen molar-refractivity contribution in [3.8, 4) is 0 Å². The number of hydrogen-bond acceptors (Lipinski definition) is 3. The fraction of sp³-hybridized carbons (Fsp3) is 0.480. The van der Waals surface area contributed by atoms with Crippen molar-refractivity contribution < 1.29 is 18.8 Å². The maximum atomic E-state index is 13.6. The minimum absolute atomic E-state index is 0.0293. The molecule has 2 bridgehead atoms. The van der Waals surface area contributed by atoms with E-state index in [0.29, 0.717) is 24.3 Å². The zero-order chi connectivity index (χ0) is 20.2. The molecule has 3 fully saturated rings. The maximum Gasteiger partial charge on any atom is 0.321 e. The molecule has 0 saturated carbocycles. The summed E-state index contributed by atoms with van der Waals surface area (Å²) in [5.41, 5.74) is 1.12. The van der Waals surface area contributed by atoms with Gasteiger partial charge in [-0.1, -0.05) is 60.7 Å². The first-order valence-corrected chi connectivity index (χ1v) is 10.8. The van der Waals surface area contributed by atoms with Gasteiger partial charge in [-0.05, 0) is 25.0 Å². The first-order valence-electron chi connectivity index (χ1n) is 10.8. The van der Waals surface area contributed by atoms with E-state index in [1.165, 1.54) is 0 Å². The number of esters is 1. The van der Waals surface area contributed by atoms with E-state index in [-0.39, 0.29) is 12.1 Å². The number of piperidine rings is 1. The third-order valence-electron chi connectivity index (χ3n) is 7.91. The minimum Gasteiger partial charge on any atom is -0.461 e. The van der Waals surface area contributed by atoms with E-state index in [2.05, 4.69) is 14.0 Å². The van der Waals surface area contributed by atoms with E-state index >= 15 is 0 Å². The molecule has 6 atom stereocenters. The average Bonchev–Trinajstić information content (AvgIpc) is 3.53. The van der Waals surface area contributed by atoms with Crippen LogP contribution in [0.25, 0.3) is 0 Å². The van der Waals surface area contributed by atoms with Crippen molar-refractivity contribution in [2.75, 3.05) is 13.6 Å². The monoisotopic (exact) mass is 392 g/mol. The van der Waals surface area contributed by atoms with Crippen molar-refractivity contribution in [1.82, 2.24) is 0 Å². The van der Waals surface area contributed by atoms with Crippen LogP contribution in [-0.4, -0.2) is 54.4 Å². The van der Waals surface area contributed by atoms with Gasteiger partial charge in [0.2, 0.25) is 0 Å². The maximum absolute atomic E-state index is 13.6. The van der Waals surface area contributed by atoms with Gasteiger partial charge >= 0.3 is 5.97 Å². The molecular formula is C25H30NO3+. The lowest BCUT2D eigenvalue weighted by Crippen LogP contribution is -2.62. The quantitative estimate of drug-likeness (QED) is 0.443. The van der Waals surface area contributed by atoms with Gasteiger partial charge < -0.3 is 14.0 Å². The summed E-state index contributed by atoms with van der Waals surface area (Å²) in [6.07, 6.45) is 2.49. The number of ether oxygens (including phenoxy) is 2. The second-order valence-electron chi connectivity index (χ2n) is 9.22. The molecule has 152 valence electrons. The smallest absolute Gasteiger partial charge is 0.321 e. The van der Waals surface area contributed by atoms with Crippen LogP contribution in [0.15, 0.2) is 60.7 Å². The Balaban J connectivity index is 1.42. The summed E-state index contributed by atoms with van der Waals surface area (Å²) < 4.78 is 13.2. The molecule has 2 aromatic rings. The zero-order valence-corrected chi connectivity index (χ0v) is 17.5. The highest BCUT2D eigenvalue weighted by atomic mass is 16.6. The highest BCUT2D eigenvalue weighted by Crippen LogP contribution is 2.52. The molecule has 5 rings (SSSR count). The molecular weight excluding hydrogens is 362 g/mol. The molecule has 0 aliphatic carbocycles. The predicted octanol–water partition coefficient (Wildman–Crippen LogP) is 3.68. The number of morpholine rings is 1. The molecule has 4 nitrogen and oxygen atoms in total. The zero-order valence-electron chi connectivity index (χ0n) is 17.5. The van der Waals surface area contributed by atoms with Crippen LogP contribution >= 0.6 is 0 Å². The Kier molecular flexibility index (Phi) is 4.34. The van der Waals surface area contributed by atoms with Gasteiger partial charge in [-0.3, -0.25) is 4.79 Å². The predicted molar refractivity (Wildman–Crippen MR) is 111 cm³/mol. The SMILES string of the molecule is CC[N+]1(C)C2CC(OC(=O)C(C)(c3ccccc3)c3ccccc3)CC1[C@H]1OC21. The van der Waals surface area contributed by atoms with Gasteiger partial charge in [-0.2, -0.15) is 0 Å². The molecule has 3 aliphatic heterocycles. The number of rotatable bonds is 5. The molecule has 0 spiro atoms. The molecule has 0 N–H and O–H groups in total. The first-order chi connectivity index (χ1) is 14.0. The number of fused-ring (bicyclic) bond motifs is 5. The molecule has 3 heterocycles. The van der Waals surface area contributed by atoms with Gasteiger partial charge in [0, 0.05) is 12.8 Å². The van der Waals surface area contributed by atoms with Crippen molar-refractivity contribution in [2.45, 2.75) is 62.5 Å².